The van der Waals surface area contributed by atoms with E-state index >= 15 is 0 Å². The van der Waals surface area contributed by atoms with Crippen molar-refractivity contribution < 1.29 is 0 Å². The predicted octanol–water partition coefficient (Wildman–Crippen LogP) is 3.56. The van der Waals surface area contributed by atoms with E-state index in [-0.39, 0.29) is 0 Å². The third kappa shape index (κ3) is 2.46. The summed E-state index contributed by atoms with van der Waals surface area (Å²) in [6, 6.07) is 0.701. The van der Waals surface area contributed by atoms with Crippen LogP contribution in [0.2, 0.25) is 0 Å². The third-order valence-corrected chi connectivity index (χ3v) is 4.82. The molecule has 0 aromatic heterocycles. The molecule has 0 bridgehead atoms. The fraction of sp³-hybridized carbons (Fsp3) is 1.00. The van der Waals surface area contributed by atoms with Gasteiger partial charge in [0, 0.05) is 11.3 Å². The van der Waals surface area contributed by atoms with Gasteiger partial charge in [0.25, 0.3) is 0 Å². The zero-order chi connectivity index (χ0) is 10.9. The van der Waals surface area contributed by atoms with Crippen LogP contribution in [0.1, 0.15) is 41.5 Å². The molecule has 0 amide bonds. The molecule has 0 aliphatic carbocycles. The molecule has 1 aliphatic rings. The van der Waals surface area contributed by atoms with E-state index in [1.807, 2.05) is 11.9 Å². The van der Waals surface area contributed by atoms with Gasteiger partial charge in [-0.3, -0.25) is 4.72 Å². The van der Waals surface area contributed by atoms with E-state index < -0.39 is 0 Å². The first kappa shape index (κ1) is 12.4. The van der Waals surface area contributed by atoms with Gasteiger partial charge in [0.15, 0.2) is 0 Å². The molecular formula is C12H25NS. The van der Waals surface area contributed by atoms with Crippen molar-refractivity contribution >= 4 is 11.9 Å². The van der Waals surface area contributed by atoms with Gasteiger partial charge in [-0.15, -0.1) is 0 Å². The van der Waals surface area contributed by atoms with Crippen molar-refractivity contribution in [1.82, 2.24) is 4.72 Å². The minimum Gasteiger partial charge on any atom is -0.260 e. The van der Waals surface area contributed by atoms with Crippen molar-refractivity contribution in [1.29, 1.82) is 0 Å². The molecule has 2 heteroatoms. The van der Waals surface area contributed by atoms with Crippen molar-refractivity contribution in [3.05, 3.63) is 0 Å². The third-order valence-electron chi connectivity index (χ3n) is 3.28. The van der Waals surface area contributed by atoms with Crippen LogP contribution < -0.4 is 4.72 Å². The molecule has 1 fully saturated rings. The van der Waals surface area contributed by atoms with Crippen LogP contribution in [0, 0.1) is 23.7 Å². The standard InChI is InChI=1S/C12H25NS/c1-7(2)10-11(8(3)4)13-14-12(10)9(5)6/h7-13H,1-6H3. The number of hydrogen-bond acceptors (Lipinski definition) is 2. The highest BCUT2D eigenvalue weighted by molar-refractivity contribution is 7.98. The molecule has 0 radical (unpaired) electrons. The molecule has 1 N–H and O–H groups in total. The van der Waals surface area contributed by atoms with Crippen LogP contribution in [0.5, 0.6) is 0 Å². The lowest BCUT2D eigenvalue weighted by atomic mass is 9.78. The summed E-state index contributed by atoms with van der Waals surface area (Å²) < 4.78 is 3.64. The smallest absolute Gasteiger partial charge is 0.0261 e. The summed E-state index contributed by atoms with van der Waals surface area (Å²) in [7, 11) is 0. The molecule has 3 unspecified atom stereocenters. The van der Waals surface area contributed by atoms with Crippen LogP contribution in [0.3, 0.4) is 0 Å². The van der Waals surface area contributed by atoms with E-state index in [0.717, 1.165) is 28.9 Å². The normalized spacial score (nSPS) is 33.6. The number of rotatable bonds is 3. The summed E-state index contributed by atoms with van der Waals surface area (Å²) in [4.78, 5) is 0. The van der Waals surface area contributed by atoms with Gasteiger partial charge in [0.2, 0.25) is 0 Å². The summed E-state index contributed by atoms with van der Waals surface area (Å²) in [5.41, 5.74) is 0. The molecule has 3 atom stereocenters. The SMILES string of the molecule is CC(C)C1NSC(C(C)C)C1C(C)C. The van der Waals surface area contributed by atoms with Gasteiger partial charge in [-0.2, -0.15) is 0 Å². The Bertz CT molecular complexity index is 161. The van der Waals surface area contributed by atoms with Gasteiger partial charge in [0.05, 0.1) is 0 Å². The van der Waals surface area contributed by atoms with E-state index in [1.54, 1.807) is 0 Å². The summed E-state index contributed by atoms with van der Waals surface area (Å²) in [6.45, 7) is 14.1. The maximum atomic E-state index is 3.64. The highest BCUT2D eigenvalue weighted by Gasteiger charge is 2.41. The number of nitrogens with one attached hydrogen (secondary N) is 1. The maximum Gasteiger partial charge on any atom is 0.0261 e. The molecule has 1 rings (SSSR count). The van der Waals surface area contributed by atoms with E-state index in [4.69, 9.17) is 0 Å². The van der Waals surface area contributed by atoms with Gasteiger partial charge >= 0.3 is 0 Å². The van der Waals surface area contributed by atoms with Crippen LogP contribution in [0.25, 0.3) is 0 Å². The van der Waals surface area contributed by atoms with Crippen molar-refractivity contribution in [2.24, 2.45) is 23.7 Å². The van der Waals surface area contributed by atoms with Crippen LogP contribution in [0.15, 0.2) is 0 Å². The van der Waals surface area contributed by atoms with Crippen molar-refractivity contribution in [2.75, 3.05) is 0 Å². The van der Waals surface area contributed by atoms with Crippen molar-refractivity contribution in [3.8, 4) is 0 Å². The molecule has 84 valence electrons. The van der Waals surface area contributed by atoms with E-state index in [2.05, 4.69) is 46.3 Å². The average molecular weight is 215 g/mol. The minimum atomic E-state index is 0.701. The summed E-state index contributed by atoms with van der Waals surface area (Å²) >= 11 is 1.97. The second-order valence-electron chi connectivity index (χ2n) is 5.54. The fourth-order valence-electron chi connectivity index (χ4n) is 2.47. The Kier molecular flexibility index (Phi) is 4.32. The van der Waals surface area contributed by atoms with Gasteiger partial charge in [0.1, 0.15) is 0 Å². The fourth-order valence-corrected chi connectivity index (χ4v) is 4.13. The van der Waals surface area contributed by atoms with E-state index in [9.17, 15) is 0 Å². The molecule has 0 aromatic rings. The molecule has 1 heterocycles. The van der Waals surface area contributed by atoms with Crippen LogP contribution >= 0.6 is 11.9 Å². The Labute approximate surface area is 93.6 Å². The first-order valence-electron chi connectivity index (χ1n) is 5.86. The summed E-state index contributed by atoms with van der Waals surface area (Å²) in [6.07, 6.45) is 0. The largest absolute Gasteiger partial charge is 0.260 e. The lowest BCUT2D eigenvalue weighted by Gasteiger charge is -2.30. The Morgan fingerprint density at radius 2 is 1.43 bits per heavy atom. The Balaban J connectivity index is 2.74. The second kappa shape index (κ2) is 4.89. The number of hydrogen-bond donors (Lipinski definition) is 1. The lowest BCUT2D eigenvalue weighted by molar-refractivity contribution is 0.246. The highest BCUT2D eigenvalue weighted by Crippen LogP contribution is 2.41. The minimum absolute atomic E-state index is 0.701. The zero-order valence-corrected chi connectivity index (χ0v) is 11.2. The predicted molar refractivity (Wildman–Crippen MR) is 66.3 cm³/mol. The van der Waals surface area contributed by atoms with Gasteiger partial charge in [-0.1, -0.05) is 53.5 Å². The van der Waals surface area contributed by atoms with Crippen LogP contribution in [-0.2, 0) is 0 Å². The monoisotopic (exact) mass is 215 g/mol. The Morgan fingerprint density at radius 1 is 0.857 bits per heavy atom. The topological polar surface area (TPSA) is 12.0 Å². The van der Waals surface area contributed by atoms with Gasteiger partial charge in [-0.25, -0.2) is 0 Å². The lowest BCUT2D eigenvalue weighted by Crippen LogP contribution is -2.37. The molecule has 1 aliphatic heterocycles. The molecule has 1 nitrogen and oxygen atoms in total. The van der Waals surface area contributed by atoms with Crippen LogP contribution in [-0.4, -0.2) is 11.3 Å². The summed E-state index contributed by atoms with van der Waals surface area (Å²) in [5, 5.41) is 0.794. The molecule has 0 aromatic carbocycles. The average Bonchev–Trinajstić information content (AvgIpc) is 2.46. The molecule has 1 saturated heterocycles. The van der Waals surface area contributed by atoms with Crippen LogP contribution in [0.4, 0.5) is 0 Å². The van der Waals surface area contributed by atoms with Gasteiger partial charge in [-0.05, 0) is 23.7 Å². The quantitative estimate of drug-likeness (QED) is 0.723. The molecule has 0 saturated carbocycles. The first-order chi connectivity index (χ1) is 6.45. The molecule has 14 heavy (non-hydrogen) atoms. The van der Waals surface area contributed by atoms with E-state index in [1.165, 1.54) is 0 Å². The summed E-state index contributed by atoms with van der Waals surface area (Å²) in [5.74, 6) is 3.15. The Hall–Kier alpha value is 0.310. The molecule has 0 spiro atoms. The van der Waals surface area contributed by atoms with E-state index in [0.29, 0.717) is 6.04 Å². The van der Waals surface area contributed by atoms with Crippen molar-refractivity contribution in [2.45, 2.75) is 52.8 Å². The first-order valence-corrected chi connectivity index (χ1v) is 6.74. The zero-order valence-electron chi connectivity index (χ0n) is 10.4. The van der Waals surface area contributed by atoms with Crippen molar-refractivity contribution in [3.63, 3.8) is 0 Å². The van der Waals surface area contributed by atoms with Gasteiger partial charge < -0.3 is 0 Å². The molecular weight excluding hydrogens is 190 g/mol. The highest BCUT2D eigenvalue weighted by atomic mass is 32.2. The second-order valence-corrected chi connectivity index (χ2v) is 6.55. The maximum absolute atomic E-state index is 3.64. The Morgan fingerprint density at radius 3 is 1.79 bits per heavy atom.